The Morgan fingerprint density at radius 2 is 1.64 bits per heavy atom. The van der Waals surface area contributed by atoms with Gasteiger partial charge in [0.1, 0.15) is 0 Å². The van der Waals surface area contributed by atoms with E-state index >= 15 is 0 Å². The van der Waals surface area contributed by atoms with Gasteiger partial charge in [-0.15, -0.1) is 6.58 Å². The molecule has 3 aliphatic rings. The molecule has 0 saturated heterocycles. The number of hydrogen-bond acceptors (Lipinski definition) is 2. The average Bonchev–Trinajstić information content (AvgIpc) is 3.22. The zero-order chi connectivity index (χ0) is 15.7. The van der Waals surface area contributed by atoms with Gasteiger partial charge in [-0.05, 0) is 48.7 Å². The monoisotopic (exact) mass is 298 g/mol. The topological polar surface area (TPSA) is 52.0 Å². The molecular weight excluding hydrogens is 268 g/mol. The first-order valence-electron chi connectivity index (χ1n) is 8.88. The zero-order valence-corrected chi connectivity index (χ0v) is 13.7. The van der Waals surface area contributed by atoms with Gasteiger partial charge in [-0.1, -0.05) is 50.5 Å². The maximum atomic E-state index is 6.79. The predicted octanol–water partition coefficient (Wildman–Crippen LogP) is 4.21. The van der Waals surface area contributed by atoms with E-state index in [9.17, 15) is 0 Å². The summed E-state index contributed by atoms with van der Waals surface area (Å²) in [4.78, 5) is 0. The van der Waals surface area contributed by atoms with E-state index in [4.69, 9.17) is 11.5 Å². The molecule has 0 aromatic rings. The Kier molecular flexibility index (Phi) is 4.31. The molecule has 22 heavy (non-hydrogen) atoms. The Hall–Kier alpha value is -1.28. The van der Waals surface area contributed by atoms with Crippen molar-refractivity contribution in [2.75, 3.05) is 0 Å². The summed E-state index contributed by atoms with van der Waals surface area (Å²) in [7, 11) is 0. The van der Waals surface area contributed by atoms with E-state index in [1.54, 1.807) is 0 Å². The summed E-state index contributed by atoms with van der Waals surface area (Å²) in [6.45, 7) is 8.17. The van der Waals surface area contributed by atoms with Crippen molar-refractivity contribution in [3.63, 3.8) is 0 Å². The quantitative estimate of drug-likeness (QED) is 0.764. The third kappa shape index (κ3) is 2.28. The molecule has 2 nitrogen and oxygen atoms in total. The number of rotatable bonds is 4. The molecule has 0 spiro atoms. The summed E-state index contributed by atoms with van der Waals surface area (Å²) in [5.74, 6) is 1.13. The minimum Gasteiger partial charge on any atom is -0.401 e. The van der Waals surface area contributed by atoms with Crippen LogP contribution in [0.2, 0.25) is 0 Å². The lowest BCUT2D eigenvalue weighted by Crippen LogP contribution is -2.43. The molecule has 3 aliphatic carbocycles. The third-order valence-electron chi connectivity index (χ3n) is 6.28. The van der Waals surface area contributed by atoms with Crippen molar-refractivity contribution >= 4 is 0 Å². The summed E-state index contributed by atoms with van der Waals surface area (Å²) in [6, 6.07) is -0.0740. The van der Waals surface area contributed by atoms with Crippen LogP contribution in [0.25, 0.3) is 0 Å². The molecule has 2 atom stereocenters. The fourth-order valence-corrected chi connectivity index (χ4v) is 5.01. The molecule has 3 rings (SSSR count). The van der Waals surface area contributed by atoms with Crippen LogP contribution in [0.5, 0.6) is 0 Å². The van der Waals surface area contributed by atoms with Crippen molar-refractivity contribution in [2.45, 2.75) is 57.4 Å². The summed E-state index contributed by atoms with van der Waals surface area (Å²) in [5, 5.41) is 0. The van der Waals surface area contributed by atoms with E-state index in [0.29, 0.717) is 11.8 Å². The van der Waals surface area contributed by atoms with Gasteiger partial charge in [-0.3, -0.25) is 0 Å². The van der Waals surface area contributed by atoms with Crippen molar-refractivity contribution in [3.8, 4) is 0 Å². The Morgan fingerprint density at radius 3 is 2.18 bits per heavy atom. The van der Waals surface area contributed by atoms with Crippen LogP contribution in [0.15, 0.2) is 48.2 Å². The zero-order valence-electron chi connectivity index (χ0n) is 13.7. The van der Waals surface area contributed by atoms with Crippen LogP contribution in [-0.2, 0) is 0 Å². The van der Waals surface area contributed by atoms with Crippen molar-refractivity contribution < 1.29 is 0 Å². The van der Waals surface area contributed by atoms with Gasteiger partial charge in [0, 0.05) is 11.1 Å². The molecule has 0 aliphatic heterocycles. The van der Waals surface area contributed by atoms with Gasteiger partial charge in [0.2, 0.25) is 0 Å². The summed E-state index contributed by atoms with van der Waals surface area (Å²) in [6.07, 6.45) is 16.4. The Morgan fingerprint density at radius 1 is 1.05 bits per heavy atom. The highest BCUT2D eigenvalue weighted by molar-refractivity contribution is 5.49. The second-order valence-electron chi connectivity index (χ2n) is 7.30. The van der Waals surface area contributed by atoms with Gasteiger partial charge >= 0.3 is 0 Å². The molecule has 120 valence electrons. The van der Waals surface area contributed by atoms with Gasteiger partial charge in [-0.2, -0.15) is 0 Å². The van der Waals surface area contributed by atoms with Crippen molar-refractivity contribution in [1.29, 1.82) is 0 Å². The summed E-state index contributed by atoms with van der Waals surface area (Å²) >= 11 is 0. The van der Waals surface area contributed by atoms with E-state index in [2.05, 4.69) is 25.3 Å². The molecule has 0 aromatic carbocycles. The average molecular weight is 298 g/mol. The first-order valence-corrected chi connectivity index (χ1v) is 8.88. The van der Waals surface area contributed by atoms with Gasteiger partial charge < -0.3 is 11.5 Å². The number of allylic oxidation sites excluding steroid dienone is 1. The molecule has 0 heterocycles. The molecule has 2 fully saturated rings. The standard InChI is InChI=1S/C20H30N2/c1-3-14-13-20(4-2,16-11-7-8-12-16)19(22)17(18(14)21)15-9-5-6-10-15/h3-4,13,15-16,18H,1-2,5-12,21-22H2. The van der Waals surface area contributed by atoms with Crippen molar-refractivity contribution in [2.24, 2.45) is 28.7 Å². The van der Waals surface area contributed by atoms with Crippen LogP contribution >= 0.6 is 0 Å². The normalized spacial score (nSPS) is 34.0. The van der Waals surface area contributed by atoms with Crippen molar-refractivity contribution in [1.82, 2.24) is 0 Å². The molecule has 0 bridgehead atoms. The van der Waals surface area contributed by atoms with E-state index in [1.165, 1.54) is 56.9 Å². The first kappa shape index (κ1) is 15.6. The van der Waals surface area contributed by atoms with E-state index in [0.717, 1.165) is 11.3 Å². The lowest BCUT2D eigenvalue weighted by molar-refractivity contribution is 0.335. The minimum atomic E-state index is -0.201. The lowest BCUT2D eigenvalue weighted by Gasteiger charge is -2.43. The maximum Gasteiger partial charge on any atom is 0.0530 e. The molecule has 0 aromatic heterocycles. The van der Waals surface area contributed by atoms with E-state index in [-0.39, 0.29) is 11.5 Å². The molecule has 2 unspecified atom stereocenters. The van der Waals surface area contributed by atoms with Crippen LogP contribution in [0, 0.1) is 17.3 Å². The fraction of sp³-hybridized carbons (Fsp3) is 0.600. The fourth-order valence-electron chi connectivity index (χ4n) is 5.01. The summed E-state index contributed by atoms with van der Waals surface area (Å²) in [5.41, 5.74) is 16.6. The molecule has 0 radical (unpaired) electrons. The van der Waals surface area contributed by atoms with Crippen LogP contribution in [0.3, 0.4) is 0 Å². The predicted molar refractivity (Wildman–Crippen MR) is 94.0 cm³/mol. The Bertz CT molecular complexity index is 516. The minimum absolute atomic E-state index is 0.0740. The largest absolute Gasteiger partial charge is 0.401 e. The van der Waals surface area contributed by atoms with Gasteiger partial charge in [0.05, 0.1) is 6.04 Å². The maximum absolute atomic E-state index is 6.79. The van der Waals surface area contributed by atoms with Gasteiger partial charge in [0.15, 0.2) is 0 Å². The molecule has 2 heteroatoms. The van der Waals surface area contributed by atoms with Crippen LogP contribution < -0.4 is 11.5 Å². The van der Waals surface area contributed by atoms with Crippen LogP contribution in [-0.4, -0.2) is 6.04 Å². The number of nitrogens with two attached hydrogens (primary N) is 2. The highest BCUT2D eigenvalue weighted by Crippen LogP contribution is 2.51. The molecule has 0 amide bonds. The van der Waals surface area contributed by atoms with E-state index in [1.807, 2.05) is 6.08 Å². The number of hydrogen-bond donors (Lipinski definition) is 2. The second-order valence-corrected chi connectivity index (χ2v) is 7.30. The smallest absolute Gasteiger partial charge is 0.0530 e. The first-order chi connectivity index (χ1) is 10.6. The Labute approximate surface area is 135 Å². The summed E-state index contributed by atoms with van der Waals surface area (Å²) < 4.78 is 0. The highest BCUT2D eigenvalue weighted by Gasteiger charge is 2.44. The van der Waals surface area contributed by atoms with Crippen LogP contribution in [0.1, 0.15) is 51.4 Å². The second kappa shape index (κ2) is 6.08. The lowest BCUT2D eigenvalue weighted by atomic mass is 9.64. The molecular formula is C20H30N2. The highest BCUT2D eigenvalue weighted by atomic mass is 14.7. The molecule has 4 N–H and O–H groups in total. The Balaban J connectivity index is 2.10. The SMILES string of the molecule is C=CC1=CC(C=C)(C2CCCC2)C(N)=C(C2CCCC2)C1N. The van der Waals surface area contributed by atoms with E-state index < -0.39 is 0 Å². The van der Waals surface area contributed by atoms with Gasteiger partial charge in [-0.25, -0.2) is 0 Å². The molecule has 2 saturated carbocycles. The van der Waals surface area contributed by atoms with Crippen molar-refractivity contribution in [3.05, 3.63) is 48.2 Å². The van der Waals surface area contributed by atoms with Gasteiger partial charge in [0.25, 0.3) is 0 Å². The van der Waals surface area contributed by atoms with Crippen LogP contribution in [0.4, 0.5) is 0 Å². The third-order valence-corrected chi connectivity index (χ3v) is 6.28.